The predicted molar refractivity (Wildman–Crippen MR) is 80.7 cm³/mol. The highest BCUT2D eigenvalue weighted by Gasteiger charge is 2.21. The van der Waals surface area contributed by atoms with Gasteiger partial charge in [0.25, 0.3) is 0 Å². The number of rotatable bonds is 3. The first kappa shape index (κ1) is 14.9. The molecule has 0 radical (unpaired) electrons. The maximum atomic E-state index is 12.2. The van der Waals surface area contributed by atoms with Gasteiger partial charge >= 0.3 is 6.03 Å². The average Bonchev–Trinajstić information content (AvgIpc) is 2.48. The second kappa shape index (κ2) is 6.75. The number of carbonyl (C=O) groups excluding carboxylic acids is 1. The van der Waals surface area contributed by atoms with E-state index in [1.165, 1.54) is 19.3 Å². The van der Waals surface area contributed by atoms with E-state index in [2.05, 4.69) is 5.32 Å². The Labute approximate surface area is 120 Å². The molecule has 110 valence electrons. The van der Waals surface area contributed by atoms with Crippen LogP contribution in [0, 0.1) is 0 Å². The zero-order valence-corrected chi connectivity index (χ0v) is 12.3. The summed E-state index contributed by atoms with van der Waals surface area (Å²) in [6.07, 6.45) is 5.43. The van der Waals surface area contributed by atoms with Crippen molar-refractivity contribution in [2.24, 2.45) is 0 Å². The summed E-state index contributed by atoms with van der Waals surface area (Å²) in [7, 11) is 1.87. The summed E-state index contributed by atoms with van der Waals surface area (Å²) in [5.74, 6) is 0. The van der Waals surface area contributed by atoms with Crippen LogP contribution in [-0.4, -0.2) is 29.1 Å². The van der Waals surface area contributed by atoms with Gasteiger partial charge in [-0.3, -0.25) is 0 Å². The topological polar surface area (TPSA) is 52.6 Å². The number of benzene rings is 1. The van der Waals surface area contributed by atoms with E-state index in [-0.39, 0.29) is 6.03 Å². The van der Waals surface area contributed by atoms with E-state index in [1.54, 1.807) is 6.92 Å². The SMILES string of the molecule is CC(O)c1ccc(NC(=O)N(C)C2CCCCC2)cc1. The molecule has 4 nitrogen and oxygen atoms in total. The number of anilines is 1. The highest BCUT2D eigenvalue weighted by Crippen LogP contribution is 2.22. The number of hydrogen-bond donors (Lipinski definition) is 2. The van der Waals surface area contributed by atoms with Gasteiger partial charge in [-0.25, -0.2) is 4.79 Å². The molecule has 1 saturated carbocycles. The number of hydrogen-bond acceptors (Lipinski definition) is 2. The second-order valence-electron chi connectivity index (χ2n) is 5.63. The Morgan fingerprint density at radius 2 is 1.85 bits per heavy atom. The van der Waals surface area contributed by atoms with Crippen LogP contribution in [0.3, 0.4) is 0 Å². The van der Waals surface area contributed by atoms with Crippen LogP contribution in [0.25, 0.3) is 0 Å². The van der Waals surface area contributed by atoms with Gasteiger partial charge in [-0.15, -0.1) is 0 Å². The largest absolute Gasteiger partial charge is 0.389 e. The lowest BCUT2D eigenvalue weighted by molar-refractivity contribution is 0.186. The highest BCUT2D eigenvalue weighted by atomic mass is 16.3. The quantitative estimate of drug-likeness (QED) is 0.887. The Morgan fingerprint density at radius 3 is 2.40 bits per heavy atom. The molecule has 0 spiro atoms. The van der Waals surface area contributed by atoms with Crippen molar-refractivity contribution in [3.63, 3.8) is 0 Å². The Bertz CT molecular complexity index is 436. The first-order valence-electron chi connectivity index (χ1n) is 7.40. The zero-order chi connectivity index (χ0) is 14.5. The molecule has 0 aromatic heterocycles. The summed E-state index contributed by atoms with van der Waals surface area (Å²) in [5.41, 5.74) is 1.62. The first-order chi connectivity index (χ1) is 9.58. The van der Waals surface area contributed by atoms with Gasteiger partial charge in [-0.2, -0.15) is 0 Å². The molecule has 2 N–H and O–H groups in total. The number of nitrogens with zero attached hydrogens (tertiary/aromatic N) is 1. The molecule has 2 rings (SSSR count). The van der Waals surface area contributed by atoms with Crippen LogP contribution >= 0.6 is 0 Å². The standard InChI is InChI=1S/C16H24N2O2/c1-12(19)13-8-10-14(11-9-13)17-16(20)18(2)15-6-4-3-5-7-15/h8-12,15,19H,3-7H2,1-2H3,(H,17,20). The Morgan fingerprint density at radius 1 is 1.25 bits per heavy atom. The third-order valence-corrected chi connectivity index (χ3v) is 4.09. The van der Waals surface area contributed by atoms with E-state index >= 15 is 0 Å². The number of carbonyl (C=O) groups is 1. The van der Waals surface area contributed by atoms with E-state index in [9.17, 15) is 9.90 Å². The molecular formula is C16H24N2O2. The molecule has 0 heterocycles. The molecule has 0 saturated heterocycles. The summed E-state index contributed by atoms with van der Waals surface area (Å²) in [5, 5.41) is 12.4. The van der Waals surface area contributed by atoms with Gasteiger partial charge in [0, 0.05) is 18.8 Å². The van der Waals surface area contributed by atoms with Crippen molar-refractivity contribution in [2.45, 2.75) is 51.2 Å². The van der Waals surface area contributed by atoms with Gasteiger partial charge in [-0.1, -0.05) is 31.4 Å². The van der Waals surface area contributed by atoms with Crippen LogP contribution in [0.15, 0.2) is 24.3 Å². The van der Waals surface area contributed by atoms with Crippen molar-refractivity contribution in [3.8, 4) is 0 Å². The fourth-order valence-corrected chi connectivity index (χ4v) is 2.69. The van der Waals surface area contributed by atoms with E-state index < -0.39 is 6.10 Å². The molecule has 0 aliphatic heterocycles. The molecule has 0 bridgehead atoms. The fraction of sp³-hybridized carbons (Fsp3) is 0.562. The molecule has 1 aromatic rings. The average molecular weight is 276 g/mol. The van der Waals surface area contributed by atoms with E-state index in [0.29, 0.717) is 6.04 Å². The summed E-state index contributed by atoms with van der Waals surface area (Å²) < 4.78 is 0. The highest BCUT2D eigenvalue weighted by molar-refractivity contribution is 5.89. The van der Waals surface area contributed by atoms with Gasteiger partial charge in [-0.05, 0) is 37.5 Å². The molecule has 1 aliphatic carbocycles. The van der Waals surface area contributed by atoms with Crippen molar-refractivity contribution in [1.82, 2.24) is 4.90 Å². The molecule has 1 aromatic carbocycles. The minimum Gasteiger partial charge on any atom is -0.389 e. The van der Waals surface area contributed by atoms with E-state index in [0.717, 1.165) is 24.1 Å². The lowest BCUT2D eigenvalue weighted by atomic mass is 9.95. The van der Waals surface area contributed by atoms with E-state index in [1.807, 2.05) is 36.2 Å². The summed E-state index contributed by atoms with van der Waals surface area (Å²) >= 11 is 0. The Balaban J connectivity index is 1.92. The smallest absolute Gasteiger partial charge is 0.321 e. The van der Waals surface area contributed by atoms with Crippen LogP contribution in [0.5, 0.6) is 0 Å². The maximum absolute atomic E-state index is 12.2. The maximum Gasteiger partial charge on any atom is 0.321 e. The monoisotopic (exact) mass is 276 g/mol. The normalized spacial score (nSPS) is 17.6. The van der Waals surface area contributed by atoms with Crippen LogP contribution < -0.4 is 5.32 Å². The van der Waals surface area contributed by atoms with Crippen molar-refractivity contribution in [2.75, 3.05) is 12.4 Å². The van der Waals surface area contributed by atoms with E-state index in [4.69, 9.17) is 0 Å². The summed E-state index contributed by atoms with van der Waals surface area (Å²) in [6.45, 7) is 1.73. The van der Waals surface area contributed by atoms with Crippen LogP contribution in [0.1, 0.15) is 50.7 Å². The lowest BCUT2D eigenvalue weighted by Gasteiger charge is -2.31. The number of nitrogens with one attached hydrogen (secondary N) is 1. The third kappa shape index (κ3) is 3.73. The predicted octanol–water partition coefficient (Wildman–Crippen LogP) is 3.54. The second-order valence-corrected chi connectivity index (χ2v) is 5.63. The number of aliphatic hydroxyl groups excluding tert-OH is 1. The Hall–Kier alpha value is -1.55. The molecule has 1 fully saturated rings. The van der Waals surface area contributed by atoms with Gasteiger partial charge in [0.05, 0.1) is 6.10 Å². The molecule has 1 aliphatic rings. The van der Waals surface area contributed by atoms with Crippen LogP contribution in [-0.2, 0) is 0 Å². The van der Waals surface area contributed by atoms with Crippen molar-refractivity contribution < 1.29 is 9.90 Å². The first-order valence-corrected chi connectivity index (χ1v) is 7.40. The molecular weight excluding hydrogens is 252 g/mol. The van der Waals surface area contributed by atoms with Crippen molar-refractivity contribution >= 4 is 11.7 Å². The molecule has 4 heteroatoms. The van der Waals surface area contributed by atoms with Gasteiger partial charge in [0.1, 0.15) is 0 Å². The Kier molecular flexibility index (Phi) is 5.01. The molecule has 20 heavy (non-hydrogen) atoms. The van der Waals surface area contributed by atoms with Crippen LogP contribution in [0.2, 0.25) is 0 Å². The summed E-state index contributed by atoms with van der Waals surface area (Å²) in [4.78, 5) is 14.0. The number of aliphatic hydroxyl groups is 1. The van der Waals surface area contributed by atoms with Crippen molar-refractivity contribution in [1.29, 1.82) is 0 Å². The summed E-state index contributed by atoms with van der Waals surface area (Å²) in [6, 6.07) is 7.63. The molecule has 1 atom stereocenters. The number of amides is 2. The lowest BCUT2D eigenvalue weighted by Crippen LogP contribution is -2.40. The number of urea groups is 1. The fourth-order valence-electron chi connectivity index (χ4n) is 2.69. The molecule has 2 amide bonds. The van der Waals surface area contributed by atoms with Gasteiger partial charge < -0.3 is 15.3 Å². The van der Waals surface area contributed by atoms with Gasteiger partial charge in [0.2, 0.25) is 0 Å². The van der Waals surface area contributed by atoms with Crippen molar-refractivity contribution in [3.05, 3.63) is 29.8 Å². The third-order valence-electron chi connectivity index (χ3n) is 4.09. The van der Waals surface area contributed by atoms with Gasteiger partial charge in [0.15, 0.2) is 0 Å². The molecule has 1 unspecified atom stereocenters. The van der Waals surface area contributed by atoms with Crippen LogP contribution in [0.4, 0.5) is 10.5 Å². The minimum absolute atomic E-state index is 0.0540. The zero-order valence-electron chi connectivity index (χ0n) is 12.3. The minimum atomic E-state index is -0.482.